The first-order valence-electron chi connectivity index (χ1n) is 7.04. The number of nitrogens with zero attached hydrogens (tertiary/aromatic N) is 2. The third-order valence-electron chi connectivity index (χ3n) is 3.24. The van der Waals surface area contributed by atoms with Crippen LogP contribution in [0.2, 0.25) is 5.02 Å². The Hall–Kier alpha value is -2.57. The van der Waals surface area contributed by atoms with Gasteiger partial charge in [-0.25, -0.2) is 4.98 Å². The minimum Gasteiger partial charge on any atom is -0.507 e. The number of methoxy groups -OCH3 is 1. The monoisotopic (exact) mass is 359 g/mol. The normalized spacial score (nSPS) is 10.9. The molecule has 0 aliphatic carbocycles. The zero-order valence-electron chi connectivity index (χ0n) is 12.7. The van der Waals surface area contributed by atoms with Gasteiger partial charge in [-0.05, 0) is 6.07 Å². The molecule has 1 heterocycles. The van der Waals surface area contributed by atoms with Crippen LogP contribution in [0.3, 0.4) is 0 Å². The molecule has 0 atom stereocenters. The summed E-state index contributed by atoms with van der Waals surface area (Å²) in [6.45, 7) is 0. The first-order chi connectivity index (χ1) is 11.7. The van der Waals surface area contributed by atoms with E-state index in [1.165, 1.54) is 30.7 Å². The maximum atomic E-state index is 9.96. The molecular formula is C17H14ClN3O2S. The summed E-state index contributed by atoms with van der Waals surface area (Å²) in [5.41, 5.74) is 5.17. The number of aromatic hydroxyl groups is 1. The Balaban J connectivity index is 1.73. The van der Waals surface area contributed by atoms with Crippen LogP contribution >= 0.6 is 22.9 Å². The summed E-state index contributed by atoms with van der Waals surface area (Å²) in [7, 11) is 1.51. The Labute approximate surface area is 148 Å². The zero-order valence-corrected chi connectivity index (χ0v) is 14.3. The number of phenolic OH excluding ortho intramolecular Hbond substituents is 1. The van der Waals surface area contributed by atoms with Crippen molar-refractivity contribution in [2.24, 2.45) is 5.10 Å². The largest absolute Gasteiger partial charge is 0.507 e. The Morgan fingerprint density at radius 1 is 1.29 bits per heavy atom. The molecule has 2 aromatic carbocycles. The van der Waals surface area contributed by atoms with Gasteiger partial charge in [0.05, 0.1) is 29.6 Å². The lowest BCUT2D eigenvalue weighted by molar-refractivity contribution is 0.407. The van der Waals surface area contributed by atoms with Crippen molar-refractivity contribution in [2.45, 2.75) is 0 Å². The van der Waals surface area contributed by atoms with Crippen molar-refractivity contribution in [1.82, 2.24) is 4.98 Å². The minimum absolute atomic E-state index is 0.00554. The summed E-state index contributed by atoms with van der Waals surface area (Å²) < 4.78 is 5.04. The van der Waals surface area contributed by atoms with Crippen LogP contribution < -0.4 is 10.2 Å². The molecule has 0 amide bonds. The van der Waals surface area contributed by atoms with Gasteiger partial charge in [0.15, 0.2) is 0 Å². The van der Waals surface area contributed by atoms with Gasteiger partial charge in [0.1, 0.15) is 11.5 Å². The van der Waals surface area contributed by atoms with Gasteiger partial charge in [-0.2, -0.15) is 5.10 Å². The second-order valence-electron chi connectivity index (χ2n) is 4.82. The van der Waals surface area contributed by atoms with E-state index in [2.05, 4.69) is 15.5 Å². The van der Waals surface area contributed by atoms with E-state index in [-0.39, 0.29) is 5.75 Å². The highest BCUT2D eigenvalue weighted by Gasteiger charge is 2.08. The lowest BCUT2D eigenvalue weighted by Crippen LogP contribution is -1.93. The van der Waals surface area contributed by atoms with Crippen LogP contribution in [0, 0.1) is 0 Å². The van der Waals surface area contributed by atoms with E-state index in [1.54, 1.807) is 6.07 Å². The summed E-state index contributed by atoms with van der Waals surface area (Å²) in [5.74, 6) is 0.476. The summed E-state index contributed by atoms with van der Waals surface area (Å²) >= 11 is 7.55. The number of thiazole rings is 1. The van der Waals surface area contributed by atoms with Gasteiger partial charge in [-0.15, -0.1) is 11.3 Å². The number of benzene rings is 2. The second-order valence-corrected chi connectivity index (χ2v) is 6.08. The molecule has 2 N–H and O–H groups in total. The highest BCUT2D eigenvalue weighted by molar-refractivity contribution is 7.14. The van der Waals surface area contributed by atoms with Crippen LogP contribution in [0.25, 0.3) is 11.3 Å². The molecule has 0 saturated carbocycles. The molecule has 0 fully saturated rings. The van der Waals surface area contributed by atoms with E-state index in [1.807, 2.05) is 35.7 Å². The minimum atomic E-state index is -0.00554. The van der Waals surface area contributed by atoms with Crippen LogP contribution in [0.1, 0.15) is 5.56 Å². The average Bonchev–Trinajstić information content (AvgIpc) is 3.07. The number of phenols is 1. The molecule has 7 heteroatoms. The van der Waals surface area contributed by atoms with Gasteiger partial charge < -0.3 is 9.84 Å². The molecule has 24 heavy (non-hydrogen) atoms. The number of rotatable bonds is 5. The fourth-order valence-corrected chi connectivity index (χ4v) is 2.97. The van der Waals surface area contributed by atoms with Gasteiger partial charge in [0, 0.05) is 17.0 Å². The molecule has 0 aliphatic rings. The molecule has 0 aliphatic heterocycles. The van der Waals surface area contributed by atoms with Crippen molar-refractivity contribution in [1.29, 1.82) is 0 Å². The Morgan fingerprint density at radius 3 is 2.79 bits per heavy atom. The number of halogens is 1. The van der Waals surface area contributed by atoms with Gasteiger partial charge in [-0.1, -0.05) is 41.9 Å². The Bertz CT molecular complexity index is 842. The molecule has 5 nitrogen and oxygen atoms in total. The molecule has 0 radical (unpaired) electrons. The van der Waals surface area contributed by atoms with Crippen LogP contribution in [-0.4, -0.2) is 23.4 Å². The fraction of sp³-hybridized carbons (Fsp3) is 0.0588. The van der Waals surface area contributed by atoms with Gasteiger partial charge in [-0.3, -0.25) is 5.43 Å². The quantitative estimate of drug-likeness (QED) is 0.515. The van der Waals surface area contributed by atoms with Crippen molar-refractivity contribution in [2.75, 3.05) is 12.5 Å². The zero-order chi connectivity index (χ0) is 16.9. The van der Waals surface area contributed by atoms with Gasteiger partial charge in [0.2, 0.25) is 5.13 Å². The van der Waals surface area contributed by atoms with Gasteiger partial charge in [0.25, 0.3) is 0 Å². The van der Waals surface area contributed by atoms with Crippen LogP contribution in [0.15, 0.2) is 52.9 Å². The summed E-state index contributed by atoms with van der Waals surface area (Å²) in [6, 6.07) is 13.0. The van der Waals surface area contributed by atoms with Crippen molar-refractivity contribution in [3.8, 4) is 22.8 Å². The SMILES string of the molecule is COc1cc(O)c(C=NNc2nc(-c3ccccc3)cs2)c(Cl)c1. The van der Waals surface area contributed by atoms with Crippen LogP contribution in [0.4, 0.5) is 5.13 Å². The third kappa shape index (κ3) is 3.67. The first kappa shape index (κ1) is 16.3. The lowest BCUT2D eigenvalue weighted by atomic mass is 10.2. The number of hydrogen-bond donors (Lipinski definition) is 2. The highest BCUT2D eigenvalue weighted by Crippen LogP contribution is 2.30. The molecule has 0 spiro atoms. The number of ether oxygens (including phenoxy) is 1. The molecular weight excluding hydrogens is 346 g/mol. The third-order valence-corrected chi connectivity index (χ3v) is 4.30. The number of anilines is 1. The van der Waals surface area contributed by atoms with E-state index in [0.717, 1.165) is 11.3 Å². The molecule has 0 bridgehead atoms. The highest BCUT2D eigenvalue weighted by atomic mass is 35.5. The van der Waals surface area contributed by atoms with Crippen molar-refractivity contribution in [3.63, 3.8) is 0 Å². The summed E-state index contributed by atoms with van der Waals surface area (Å²) in [5, 5.41) is 17.0. The number of nitrogens with one attached hydrogen (secondary N) is 1. The topological polar surface area (TPSA) is 66.7 Å². The van der Waals surface area contributed by atoms with Crippen LogP contribution in [-0.2, 0) is 0 Å². The summed E-state index contributed by atoms with van der Waals surface area (Å²) in [4.78, 5) is 4.46. The number of aromatic nitrogens is 1. The lowest BCUT2D eigenvalue weighted by Gasteiger charge is -2.05. The Kier molecular flexibility index (Phi) is 4.98. The van der Waals surface area contributed by atoms with E-state index in [9.17, 15) is 5.11 Å². The molecule has 3 aromatic rings. The van der Waals surface area contributed by atoms with E-state index in [4.69, 9.17) is 16.3 Å². The second kappa shape index (κ2) is 7.33. The molecule has 1 aromatic heterocycles. The van der Waals surface area contributed by atoms with E-state index < -0.39 is 0 Å². The van der Waals surface area contributed by atoms with Gasteiger partial charge >= 0.3 is 0 Å². The smallest absolute Gasteiger partial charge is 0.203 e. The fourth-order valence-electron chi connectivity index (χ4n) is 2.04. The van der Waals surface area contributed by atoms with E-state index in [0.29, 0.717) is 21.5 Å². The first-order valence-corrected chi connectivity index (χ1v) is 8.29. The Morgan fingerprint density at radius 2 is 2.08 bits per heavy atom. The average molecular weight is 360 g/mol. The molecule has 0 saturated heterocycles. The predicted octanol–water partition coefficient (Wildman–Crippen LogP) is 4.62. The summed E-state index contributed by atoms with van der Waals surface area (Å²) in [6.07, 6.45) is 1.45. The van der Waals surface area contributed by atoms with Crippen molar-refractivity contribution < 1.29 is 9.84 Å². The maximum Gasteiger partial charge on any atom is 0.203 e. The maximum absolute atomic E-state index is 9.96. The van der Waals surface area contributed by atoms with E-state index >= 15 is 0 Å². The number of hydrazone groups is 1. The molecule has 0 unspecified atom stereocenters. The number of hydrogen-bond acceptors (Lipinski definition) is 6. The van der Waals surface area contributed by atoms with Crippen molar-refractivity contribution >= 4 is 34.3 Å². The van der Waals surface area contributed by atoms with Crippen molar-refractivity contribution in [3.05, 3.63) is 58.4 Å². The molecule has 122 valence electrons. The standard InChI is InChI=1S/C17H14ClN3O2S/c1-23-12-7-14(18)13(16(22)8-12)9-19-21-17-20-15(10-24-17)11-5-3-2-4-6-11/h2-10,22H,1H3,(H,20,21). The van der Waals surface area contributed by atoms with Crippen LogP contribution in [0.5, 0.6) is 11.5 Å². The molecule has 3 rings (SSSR count). The predicted molar refractivity (Wildman–Crippen MR) is 98.4 cm³/mol.